The van der Waals surface area contributed by atoms with Crippen molar-refractivity contribution in [2.45, 2.75) is 226 Å². The van der Waals surface area contributed by atoms with E-state index in [9.17, 15) is 79.8 Å². The zero-order chi connectivity index (χ0) is 101. The predicted octanol–water partition coefficient (Wildman–Crippen LogP) is 3.38. The van der Waals surface area contributed by atoms with E-state index in [1.807, 2.05) is 41.7 Å². The van der Waals surface area contributed by atoms with E-state index >= 15 is 24.0 Å². The number of primary amides is 1. The van der Waals surface area contributed by atoms with Crippen molar-refractivity contribution in [3.63, 3.8) is 0 Å². The van der Waals surface area contributed by atoms with E-state index in [1.54, 1.807) is 32.9 Å². The van der Waals surface area contributed by atoms with E-state index in [1.165, 1.54) is 40.0 Å². The van der Waals surface area contributed by atoms with Gasteiger partial charge in [0.2, 0.25) is 59.3 Å². The molecule has 24 N–H and O–H groups in total. The van der Waals surface area contributed by atoms with Gasteiger partial charge >= 0.3 is 20.6 Å². The summed E-state index contributed by atoms with van der Waals surface area (Å²) in [7, 11) is 0.289. The van der Waals surface area contributed by atoms with Crippen LogP contribution >= 0.6 is 43.5 Å². The molecule has 7 aromatic carbocycles. The van der Waals surface area contributed by atoms with Crippen molar-refractivity contribution in [1.29, 1.82) is 0 Å². The lowest BCUT2D eigenvalue weighted by Crippen LogP contribution is -2.65. The number of aliphatic hydroxyl groups excluding tert-OH is 6. The molecule has 3 saturated heterocycles. The van der Waals surface area contributed by atoms with Crippen LogP contribution in [0.25, 0.3) is 22.3 Å². The number of ether oxygens (including phenoxy) is 9. The number of carboxylic acid groups (broad SMARTS) is 1. The Balaban J connectivity index is 0.00000569. The van der Waals surface area contributed by atoms with Crippen LogP contribution in [0.2, 0.25) is 15.1 Å². The molecule has 24 atom stereocenters. The Kier molecular flexibility index (Phi) is 34.7. The highest BCUT2D eigenvalue weighted by atomic mass is 35.5. The Morgan fingerprint density at radius 1 is 0.662 bits per heavy atom. The number of benzene rings is 7. The first kappa shape index (κ1) is 106. The van der Waals surface area contributed by atoms with Crippen molar-refractivity contribution >= 4 is 109 Å². The summed E-state index contributed by atoms with van der Waals surface area (Å²) in [5.41, 5.74) is 9.08. The minimum atomic E-state index is -2.48. The fourth-order valence-electron chi connectivity index (χ4n) is 16.9. The van der Waals surface area contributed by atoms with Gasteiger partial charge < -0.3 is 153 Å². The number of phenolic OH excluding ortho intramolecular Hbond substituents is 3. The molecule has 8 amide bonds. The smallest absolute Gasteiger partial charge is 0.491 e. The lowest BCUT2D eigenvalue weighted by Gasteiger charge is -2.48. The van der Waals surface area contributed by atoms with Crippen LogP contribution in [0.5, 0.6) is 46.0 Å². The number of aromatic hydroxyl groups is 3. The highest BCUT2D eigenvalue weighted by Crippen LogP contribution is 2.51. The first-order valence-corrected chi connectivity index (χ1v) is 45.6. The number of fused-ring (bicyclic) bond motifs is 15. The van der Waals surface area contributed by atoms with Gasteiger partial charge in [0.05, 0.1) is 53.3 Å². The number of aldehydes is 1. The Labute approximate surface area is 809 Å². The Hall–Kier alpha value is -11.9. The molecule has 0 saturated carbocycles. The molecule has 11 bridgehead atoms. The molecule has 746 valence electrons. The highest BCUT2D eigenvalue weighted by Gasteiger charge is 2.54. The molecule has 139 heavy (non-hydrogen) atoms. The summed E-state index contributed by atoms with van der Waals surface area (Å²) in [5, 5.41) is 140. The molecular formula is C92H106Cl3N11O32P+. The second-order valence-corrected chi connectivity index (χ2v) is 36.4. The predicted molar refractivity (Wildman–Crippen MR) is 490 cm³/mol. The van der Waals surface area contributed by atoms with Crippen LogP contribution in [0.4, 0.5) is 0 Å². The molecule has 0 aliphatic carbocycles. The van der Waals surface area contributed by atoms with Gasteiger partial charge in [-0.2, -0.15) is 4.89 Å². The van der Waals surface area contributed by atoms with E-state index in [-0.39, 0.29) is 49.1 Å². The van der Waals surface area contributed by atoms with Crippen molar-refractivity contribution in [2.24, 2.45) is 17.4 Å². The third-order valence-corrected chi connectivity index (χ3v) is 25.0. The van der Waals surface area contributed by atoms with Crippen LogP contribution in [0, 0.1) is 5.92 Å². The van der Waals surface area contributed by atoms with Crippen molar-refractivity contribution in [1.82, 2.24) is 47.9 Å². The number of aliphatic carboxylic acids is 1. The summed E-state index contributed by atoms with van der Waals surface area (Å²) in [4.78, 5) is 166. The van der Waals surface area contributed by atoms with Crippen LogP contribution in [0.3, 0.4) is 0 Å². The van der Waals surface area contributed by atoms with Gasteiger partial charge in [0, 0.05) is 64.7 Å². The Morgan fingerprint density at radius 2 is 1.25 bits per heavy atom. The summed E-state index contributed by atoms with van der Waals surface area (Å²) in [6.07, 6.45) is -27.9. The normalized spacial score (nSPS) is 27.9. The number of carbonyl (C=O) groups excluding carboxylic acids is 10. The SMILES string of the molecule is CNC(CC(C)C)C(=O)NC1C(=O)NC(CC(N)=O)C(=O)NC2C(=O)NC3C(=O)NC(C(=O)NC(C(=O)O)c4cc(O)cc(O)c4-c4cc3ccc4O)C(OC3CC(C)(N)C(O)C(C)O3)c3ccc(c(Cl)c3)Oc3cc2cc(c3OC2OC(COC(=O)CCC(=O)NC(O)C=O)C(O)C(O)C2OC2CC(C)(NCc3ccc(-c4ccc(Cl)cc4)cc3)C(O)C(C)O2)Oc2ccc(cc2Cl)C1O.O=[PH+]O. The number of phenols is 3. The van der Waals surface area contributed by atoms with Gasteiger partial charge in [-0.05, 0) is 157 Å². The van der Waals surface area contributed by atoms with Crippen LogP contribution in [0.15, 0.2) is 127 Å². The first-order valence-electron chi connectivity index (χ1n) is 43.6. The number of hydrogen-bond acceptors (Lipinski definition) is 33. The Morgan fingerprint density at radius 3 is 1.86 bits per heavy atom. The van der Waals surface area contributed by atoms with E-state index in [0.29, 0.717) is 5.02 Å². The number of halogens is 3. The monoisotopic (exact) mass is 2010 g/mol. The summed E-state index contributed by atoms with van der Waals surface area (Å²) in [6, 6.07) is 13.4. The molecule has 0 aromatic heterocycles. The minimum Gasteiger partial charge on any atom is -0.508 e. The number of likely N-dealkylation sites (N-methyl/N-ethyl adjacent to an activating group) is 1. The highest BCUT2D eigenvalue weighted by molar-refractivity contribution is 7.16. The van der Waals surface area contributed by atoms with Crippen molar-refractivity contribution in [3.8, 4) is 68.2 Å². The topological polar surface area (TPSA) is 671 Å². The number of rotatable bonds is 25. The van der Waals surface area contributed by atoms with Gasteiger partial charge in [0.25, 0.3) is 0 Å². The molecule has 7 aromatic rings. The zero-order valence-electron chi connectivity index (χ0n) is 75.3. The number of amides is 8. The summed E-state index contributed by atoms with van der Waals surface area (Å²) >= 11 is 21.0. The number of hydrogen-bond donors (Lipinski definition) is 22. The van der Waals surface area contributed by atoms with Crippen molar-refractivity contribution in [3.05, 3.63) is 176 Å². The molecule has 47 heteroatoms. The summed E-state index contributed by atoms with van der Waals surface area (Å²) in [5.74, 6) is -19.1. The minimum absolute atomic E-state index is 0.0122. The second-order valence-electron chi connectivity index (χ2n) is 35.0. The maximum Gasteiger partial charge on any atom is 0.491 e. The number of carbonyl (C=O) groups is 11. The molecule has 8 aliphatic rings. The van der Waals surface area contributed by atoms with Gasteiger partial charge in [-0.15, -0.1) is 0 Å². The quantitative estimate of drug-likeness (QED) is 0.0169. The summed E-state index contributed by atoms with van der Waals surface area (Å²) in [6.45, 7) is 8.84. The van der Waals surface area contributed by atoms with Crippen molar-refractivity contribution in [2.75, 3.05) is 13.7 Å². The van der Waals surface area contributed by atoms with E-state index in [0.717, 1.165) is 83.4 Å². The molecule has 24 unspecified atom stereocenters. The summed E-state index contributed by atoms with van der Waals surface area (Å²) < 4.78 is 67.5. The maximum absolute atomic E-state index is 16.7. The molecular weight excluding hydrogens is 1910 g/mol. The lowest BCUT2D eigenvalue weighted by molar-refractivity contribution is -0.335. The number of carboxylic acids is 1. The molecule has 0 radical (unpaired) electrons. The van der Waals surface area contributed by atoms with Crippen LogP contribution < -0.4 is 73.5 Å². The van der Waals surface area contributed by atoms with Crippen molar-refractivity contribution < 1.29 is 156 Å². The van der Waals surface area contributed by atoms with Gasteiger partial charge in [-0.1, -0.05) is 103 Å². The van der Waals surface area contributed by atoms with Gasteiger partial charge in [0.1, 0.15) is 96.1 Å². The average Bonchev–Trinajstić information content (AvgIpc) is 0.757. The van der Waals surface area contributed by atoms with E-state index in [4.69, 9.17) is 98.4 Å². The van der Waals surface area contributed by atoms with Crippen LogP contribution in [-0.4, -0.2) is 244 Å². The molecule has 8 heterocycles. The third-order valence-electron chi connectivity index (χ3n) is 24.1. The second kappa shape index (κ2) is 45.6. The first-order chi connectivity index (χ1) is 65.8. The molecule has 3 fully saturated rings. The molecule has 0 spiro atoms. The number of nitrogens with one attached hydrogen (secondary N) is 9. The Bertz CT molecular complexity index is 5760. The van der Waals surface area contributed by atoms with Crippen LogP contribution in [-0.2, 0) is 92.3 Å². The van der Waals surface area contributed by atoms with Crippen LogP contribution in [0.1, 0.15) is 144 Å². The van der Waals surface area contributed by atoms with Gasteiger partial charge in [0.15, 0.2) is 48.7 Å². The third kappa shape index (κ3) is 25.3. The number of esters is 1. The maximum atomic E-state index is 16.7. The standard InChI is InChI=1S/C92H104Cl3N11O30.HO2P/c1-38(2)24-54(98-7)83(120)105-73-75(115)45-15-20-58(52(94)26-45)131-60-28-47-29-61(79(60)136-90-80(77(117)76(116)62(133-90)37-128-66(114)23-22-64(112)101-65(113)36-107)135-68-34-92(6,82(119)40(4)130-68)99-35-41-8-10-42(11-9-41)43-12-17-48(93)18-13-43)132-59-21-16-46(27-53(59)95)78(134-67-33-91(5,97)81(118)39(3)129-67)74-88(125)104-72(89(126)127)51-30-49(108)31-57(110)69(51)50-25-44(14-19-56(50)109)70(85(122)106-74)103-86(123)71(47)102-84(121)55(32-63(96)111)100-87(73)124;1-3-2/h8-21,25-31,36,38-40,54-55,62,65,67-68,70-78,80-82,90,98-99,108-110,113,115-119H,22-24,32-35,37,97H2,1-7H3,(H2,96,111)(H,100,124)(H,101,112)(H,102,121)(H,103,123)(H,104,125)(H,105,120)(H,106,122)(H,126,127);3H/p+1. The lowest BCUT2D eigenvalue weighted by atomic mass is 9.84. The number of nitrogens with two attached hydrogens (primary N) is 2. The fourth-order valence-corrected chi connectivity index (χ4v) is 17.5. The van der Waals surface area contributed by atoms with E-state index in [2.05, 4.69) is 42.5 Å². The average molecular weight is 2020 g/mol. The molecule has 43 nitrogen and oxygen atoms in total. The van der Waals surface area contributed by atoms with Gasteiger partial charge in [-0.3, -0.25) is 47.9 Å². The zero-order valence-corrected chi connectivity index (χ0v) is 78.6. The van der Waals surface area contributed by atoms with E-state index < -0.39 is 317 Å². The molecule has 8 aliphatic heterocycles. The molecule has 15 rings (SSSR count). The fraction of sp³-hybridized carbons (Fsp3) is 0.424. The largest absolute Gasteiger partial charge is 0.508 e. The number of aliphatic hydroxyl groups is 6. The van der Waals surface area contributed by atoms with Gasteiger partial charge in [-0.25, -0.2) is 4.79 Å².